The van der Waals surface area contributed by atoms with Crippen LogP contribution in [0.4, 0.5) is 18.9 Å². The molecule has 7 heteroatoms. The minimum absolute atomic E-state index is 0. The van der Waals surface area contributed by atoms with Gasteiger partial charge in [0.2, 0.25) is 0 Å². The van der Waals surface area contributed by atoms with E-state index >= 15 is 0 Å². The van der Waals surface area contributed by atoms with Crippen molar-refractivity contribution < 1.29 is 13.2 Å². The van der Waals surface area contributed by atoms with Crippen LogP contribution >= 0.6 is 24.0 Å². The number of nitrogens with two attached hydrogens (primary N) is 1. The summed E-state index contributed by atoms with van der Waals surface area (Å²) in [7, 11) is 0. The Balaban J connectivity index is 0.00000289. The Morgan fingerprint density at radius 2 is 1.83 bits per heavy atom. The molecule has 0 saturated heterocycles. The fourth-order valence-corrected chi connectivity index (χ4v) is 1.13. The molecule has 0 amide bonds. The molecular weight excluding hydrogens is 358 g/mol. The zero-order valence-corrected chi connectivity index (χ0v) is 12.1. The number of nitrogens with one attached hydrogen (secondary N) is 1. The second-order valence-electron chi connectivity index (χ2n) is 3.62. The highest BCUT2D eigenvalue weighted by atomic mass is 127. The predicted molar refractivity (Wildman–Crippen MR) is 77.4 cm³/mol. The summed E-state index contributed by atoms with van der Waals surface area (Å²) < 4.78 is 35.5. The smallest absolute Gasteiger partial charge is 0.370 e. The van der Waals surface area contributed by atoms with E-state index in [2.05, 4.69) is 10.3 Å². The molecule has 0 unspecified atom stereocenters. The van der Waals surface area contributed by atoms with Gasteiger partial charge < -0.3 is 11.1 Å². The molecule has 0 heterocycles. The van der Waals surface area contributed by atoms with Crippen molar-refractivity contribution in [3.63, 3.8) is 0 Å². The summed E-state index contributed by atoms with van der Waals surface area (Å²) in [5, 5.41) is 2.72. The molecule has 0 radical (unpaired) electrons. The van der Waals surface area contributed by atoms with E-state index < -0.39 is 12.6 Å². The first-order valence-corrected chi connectivity index (χ1v) is 5.07. The van der Waals surface area contributed by atoms with Gasteiger partial charge in [0, 0.05) is 5.69 Å². The molecule has 3 N–H and O–H groups in total. The summed E-state index contributed by atoms with van der Waals surface area (Å²) >= 11 is 0. The SMILES string of the molecule is Cc1ccc(NC(N)=NCCC(F)(F)F)cc1.I. The molecule has 1 aromatic carbocycles. The van der Waals surface area contributed by atoms with Crippen LogP contribution in [0.1, 0.15) is 12.0 Å². The number of nitrogens with zero attached hydrogens (tertiary/aromatic N) is 1. The van der Waals surface area contributed by atoms with Gasteiger partial charge in [0.1, 0.15) is 0 Å². The van der Waals surface area contributed by atoms with Gasteiger partial charge in [-0.1, -0.05) is 17.7 Å². The topological polar surface area (TPSA) is 50.4 Å². The van der Waals surface area contributed by atoms with Crippen molar-refractivity contribution in [1.82, 2.24) is 0 Å². The number of aryl methyl sites for hydroxylation is 1. The molecule has 0 atom stereocenters. The van der Waals surface area contributed by atoms with Crippen LogP contribution in [0.2, 0.25) is 0 Å². The first-order valence-electron chi connectivity index (χ1n) is 5.07. The van der Waals surface area contributed by atoms with Crippen LogP contribution < -0.4 is 11.1 Å². The van der Waals surface area contributed by atoms with Crippen LogP contribution in [0.5, 0.6) is 0 Å². The van der Waals surface area contributed by atoms with E-state index in [4.69, 9.17) is 5.73 Å². The summed E-state index contributed by atoms with van der Waals surface area (Å²) in [5.74, 6) is -0.0156. The normalized spacial score (nSPS) is 11.9. The van der Waals surface area contributed by atoms with E-state index in [9.17, 15) is 13.2 Å². The van der Waals surface area contributed by atoms with Crippen molar-refractivity contribution in [2.45, 2.75) is 19.5 Å². The Morgan fingerprint density at radius 1 is 1.28 bits per heavy atom. The fourth-order valence-electron chi connectivity index (χ4n) is 1.13. The third kappa shape index (κ3) is 7.36. The van der Waals surface area contributed by atoms with Gasteiger partial charge in [-0.15, -0.1) is 24.0 Å². The largest absolute Gasteiger partial charge is 0.390 e. The molecule has 0 aromatic heterocycles. The van der Waals surface area contributed by atoms with Crippen LogP contribution in [0.3, 0.4) is 0 Å². The minimum Gasteiger partial charge on any atom is -0.370 e. The number of benzene rings is 1. The second kappa shape index (κ2) is 7.45. The molecule has 1 aromatic rings. The van der Waals surface area contributed by atoms with Gasteiger partial charge in [-0.25, -0.2) is 0 Å². The summed E-state index contributed by atoms with van der Waals surface area (Å²) in [5.41, 5.74) is 7.23. The summed E-state index contributed by atoms with van der Waals surface area (Å²) in [6, 6.07) is 7.29. The summed E-state index contributed by atoms with van der Waals surface area (Å²) in [6.07, 6.45) is -5.17. The molecule has 0 aliphatic heterocycles. The lowest BCUT2D eigenvalue weighted by Gasteiger charge is -2.07. The number of hydrogen-bond acceptors (Lipinski definition) is 1. The van der Waals surface area contributed by atoms with Gasteiger partial charge in [-0.2, -0.15) is 13.2 Å². The lowest BCUT2D eigenvalue weighted by Crippen LogP contribution is -2.23. The molecule has 0 aliphatic rings. The van der Waals surface area contributed by atoms with Crippen LogP contribution in [-0.4, -0.2) is 18.7 Å². The zero-order chi connectivity index (χ0) is 12.9. The maximum Gasteiger partial charge on any atom is 0.390 e. The average molecular weight is 373 g/mol. The molecule has 102 valence electrons. The molecule has 18 heavy (non-hydrogen) atoms. The number of anilines is 1. The molecule has 3 nitrogen and oxygen atoms in total. The molecule has 0 bridgehead atoms. The highest BCUT2D eigenvalue weighted by Crippen LogP contribution is 2.18. The molecule has 0 aliphatic carbocycles. The minimum atomic E-state index is -4.20. The van der Waals surface area contributed by atoms with Crippen LogP contribution in [0.15, 0.2) is 29.3 Å². The maximum absolute atomic E-state index is 11.8. The van der Waals surface area contributed by atoms with Gasteiger partial charge in [0.05, 0.1) is 13.0 Å². The van der Waals surface area contributed by atoms with Gasteiger partial charge in [0.15, 0.2) is 5.96 Å². The second-order valence-corrected chi connectivity index (χ2v) is 3.62. The summed E-state index contributed by atoms with van der Waals surface area (Å²) in [4.78, 5) is 3.59. The Labute approximate surface area is 121 Å². The maximum atomic E-state index is 11.8. The van der Waals surface area contributed by atoms with Crippen LogP contribution in [0, 0.1) is 6.92 Å². The van der Waals surface area contributed by atoms with E-state index in [1.807, 2.05) is 19.1 Å². The van der Waals surface area contributed by atoms with Gasteiger partial charge in [-0.05, 0) is 19.1 Å². The lowest BCUT2D eigenvalue weighted by molar-refractivity contribution is -0.132. The number of hydrogen-bond donors (Lipinski definition) is 2. The molecule has 0 spiro atoms. The lowest BCUT2D eigenvalue weighted by atomic mass is 10.2. The number of guanidine groups is 1. The molecule has 0 saturated carbocycles. The van der Waals surface area contributed by atoms with Gasteiger partial charge >= 0.3 is 6.18 Å². The first-order chi connectivity index (χ1) is 7.87. The first kappa shape index (κ1) is 17.0. The fraction of sp³-hybridized carbons (Fsp3) is 0.364. The van der Waals surface area contributed by atoms with Crippen molar-refractivity contribution in [2.75, 3.05) is 11.9 Å². The highest BCUT2D eigenvalue weighted by Gasteiger charge is 2.26. The number of alkyl halides is 3. The molecular formula is C11H15F3IN3. The highest BCUT2D eigenvalue weighted by molar-refractivity contribution is 14.0. The van der Waals surface area contributed by atoms with E-state index in [1.165, 1.54) is 0 Å². The Hall–Kier alpha value is -0.990. The van der Waals surface area contributed by atoms with Crippen molar-refractivity contribution in [2.24, 2.45) is 10.7 Å². The molecule has 0 fully saturated rings. The van der Waals surface area contributed by atoms with Crippen LogP contribution in [0.25, 0.3) is 0 Å². The number of aliphatic imine (C=N–C) groups is 1. The van der Waals surface area contributed by atoms with Gasteiger partial charge in [0.25, 0.3) is 0 Å². The van der Waals surface area contributed by atoms with E-state index in [1.54, 1.807) is 12.1 Å². The summed E-state index contributed by atoms with van der Waals surface area (Å²) in [6.45, 7) is 1.57. The Morgan fingerprint density at radius 3 is 2.33 bits per heavy atom. The monoisotopic (exact) mass is 373 g/mol. The van der Waals surface area contributed by atoms with Crippen LogP contribution in [-0.2, 0) is 0 Å². The third-order valence-electron chi connectivity index (χ3n) is 2.00. The van der Waals surface area contributed by atoms with E-state index in [0.717, 1.165) is 5.56 Å². The van der Waals surface area contributed by atoms with E-state index in [0.29, 0.717) is 5.69 Å². The standard InChI is InChI=1S/C11H14F3N3.HI/c1-8-2-4-9(5-3-8)17-10(15)16-7-6-11(12,13)14;/h2-5H,6-7H2,1H3,(H3,15,16,17);1H. The quantitative estimate of drug-likeness (QED) is 0.485. The third-order valence-corrected chi connectivity index (χ3v) is 2.00. The average Bonchev–Trinajstić information content (AvgIpc) is 2.19. The predicted octanol–water partition coefficient (Wildman–Crippen LogP) is 3.29. The van der Waals surface area contributed by atoms with Gasteiger partial charge in [-0.3, -0.25) is 4.99 Å². The molecule has 1 rings (SSSR count). The van der Waals surface area contributed by atoms with Crippen molar-refractivity contribution in [3.05, 3.63) is 29.8 Å². The zero-order valence-electron chi connectivity index (χ0n) is 9.79. The van der Waals surface area contributed by atoms with Crippen molar-refractivity contribution in [1.29, 1.82) is 0 Å². The van der Waals surface area contributed by atoms with Crippen molar-refractivity contribution >= 4 is 35.6 Å². The van der Waals surface area contributed by atoms with E-state index in [-0.39, 0.29) is 36.5 Å². The Bertz CT molecular complexity index is 388. The number of rotatable bonds is 3. The van der Waals surface area contributed by atoms with Crippen molar-refractivity contribution in [3.8, 4) is 0 Å². The Kier molecular flexibility index (Phi) is 7.04. The number of halogens is 4.